The van der Waals surface area contributed by atoms with E-state index in [1.165, 1.54) is 12.8 Å². The average molecular weight is 251 g/mol. The van der Waals surface area contributed by atoms with Crippen LogP contribution < -0.4 is 11.2 Å². The van der Waals surface area contributed by atoms with Crippen molar-refractivity contribution in [3.8, 4) is 0 Å². The van der Waals surface area contributed by atoms with E-state index in [0.29, 0.717) is 0 Å². The molecule has 2 aliphatic rings. The molecule has 5 heteroatoms. The Balaban J connectivity index is 2.29. The van der Waals surface area contributed by atoms with Gasteiger partial charge in [0.1, 0.15) is 6.10 Å². The number of carbonyl (C=O) groups excluding carboxylic acids is 1. The summed E-state index contributed by atoms with van der Waals surface area (Å²) in [5, 5.41) is 4.32. The van der Waals surface area contributed by atoms with Crippen molar-refractivity contribution in [3.63, 3.8) is 0 Å². The fourth-order valence-corrected chi connectivity index (χ4v) is 2.90. The summed E-state index contributed by atoms with van der Waals surface area (Å²) in [6.45, 7) is 4.00. The number of nitrogens with zero attached hydrogens (tertiary/aromatic N) is 1. The van der Waals surface area contributed by atoms with E-state index in [9.17, 15) is 4.79 Å². The van der Waals surface area contributed by atoms with Crippen LogP contribution in [0.4, 0.5) is 4.79 Å². The van der Waals surface area contributed by atoms with Gasteiger partial charge in [0.15, 0.2) is 0 Å². The van der Waals surface area contributed by atoms with Gasteiger partial charge in [0.05, 0.1) is 0 Å². The molecule has 0 bridgehead atoms. The highest BCUT2D eigenvalue weighted by molar-refractivity contribution is 5.88. The van der Waals surface area contributed by atoms with Crippen molar-refractivity contribution in [1.29, 1.82) is 0 Å². The van der Waals surface area contributed by atoms with Crippen molar-refractivity contribution in [2.24, 2.45) is 16.8 Å². The highest BCUT2D eigenvalue weighted by Crippen LogP contribution is 2.33. The van der Waals surface area contributed by atoms with E-state index < -0.39 is 6.09 Å². The van der Waals surface area contributed by atoms with Gasteiger partial charge in [0.25, 0.3) is 0 Å². The van der Waals surface area contributed by atoms with Gasteiger partial charge in [-0.25, -0.2) is 4.79 Å². The van der Waals surface area contributed by atoms with Crippen molar-refractivity contribution in [2.75, 3.05) is 0 Å². The number of hydrogen-bond acceptors (Lipinski definition) is 4. The molecule has 0 saturated heterocycles. The highest BCUT2D eigenvalue weighted by atomic mass is 16.6. The number of amides is 1. The Morgan fingerprint density at radius 2 is 2.06 bits per heavy atom. The van der Waals surface area contributed by atoms with Crippen LogP contribution in [0.2, 0.25) is 0 Å². The maximum atomic E-state index is 11.1. The fraction of sp³-hybridized carbons (Fsp3) is 0.692. The number of hydrogen-bond donors (Lipinski definition) is 2. The van der Waals surface area contributed by atoms with Crippen molar-refractivity contribution >= 4 is 11.8 Å². The van der Waals surface area contributed by atoms with E-state index in [4.69, 9.17) is 10.5 Å². The molecule has 1 aliphatic heterocycles. The van der Waals surface area contributed by atoms with E-state index >= 15 is 0 Å². The van der Waals surface area contributed by atoms with Gasteiger partial charge in [-0.2, -0.15) is 5.10 Å². The lowest BCUT2D eigenvalue weighted by Gasteiger charge is -2.33. The minimum Gasteiger partial charge on any atom is -0.442 e. The number of fused-ring (bicyclic) bond motifs is 1. The molecule has 3 N–H and O–H groups in total. The molecular weight excluding hydrogens is 230 g/mol. The molecule has 1 saturated carbocycles. The summed E-state index contributed by atoms with van der Waals surface area (Å²) in [6, 6.07) is 0. The Morgan fingerprint density at radius 3 is 2.78 bits per heavy atom. The van der Waals surface area contributed by atoms with E-state index in [1.54, 1.807) is 0 Å². The highest BCUT2D eigenvalue weighted by Gasteiger charge is 2.32. The largest absolute Gasteiger partial charge is 0.442 e. The minimum atomic E-state index is -0.695. The van der Waals surface area contributed by atoms with Crippen molar-refractivity contribution in [3.05, 3.63) is 11.3 Å². The number of ether oxygens (including phenoxy) is 1. The number of allylic oxidation sites excluding steroid dienone is 1. The van der Waals surface area contributed by atoms with Crippen LogP contribution in [0.5, 0.6) is 0 Å². The van der Waals surface area contributed by atoms with Crippen LogP contribution in [-0.4, -0.2) is 17.9 Å². The molecule has 0 radical (unpaired) electrons. The second-order valence-corrected chi connectivity index (χ2v) is 5.06. The molecule has 2 atom stereocenters. The lowest BCUT2D eigenvalue weighted by molar-refractivity contribution is 0.110. The SMILES string of the molecule is CC1=NNC(C)=C2C(OC(N)=O)CCCCCC12. The number of carbonyl (C=O) groups is 1. The first-order valence-corrected chi connectivity index (χ1v) is 6.56. The molecule has 0 aromatic carbocycles. The molecule has 1 aliphatic carbocycles. The predicted molar refractivity (Wildman–Crippen MR) is 70.0 cm³/mol. The molecule has 0 aromatic rings. The van der Waals surface area contributed by atoms with Crippen LogP contribution in [0.15, 0.2) is 16.4 Å². The second kappa shape index (κ2) is 5.42. The van der Waals surface area contributed by atoms with Gasteiger partial charge in [0, 0.05) is 17.3 Å². The van der Waals surface area contributed by atoms with Gasteiger partial charge in [-0.15, -0.1) is 0 Å². The minimum absolute atomic E-state index is 0.203. The third-order valence-corrected chi connectivity index (χ3v) is 3.78. The van der Waals surface area contributed by atoms with Gasteiger partial charge >= 0.3 is 6.09 Å². The number of nitrogens with one attached hydrogen (secondary N) is 1. The standard InChI is InChI=1S/C13H21N3O2/c1-8-10-6-4-3-5-7-11(18-13(14)17)12(10)9(2)16-15-8/h10-11,16H,3-7H2,1-2H3,(H2,14,17). The van der Waals surface area contributed by atoms with Crippen molar-refractivity contribution in [2.45, 2.75) is 52.1 Å². The molecule has 2 rings (SSSR count). The van der Waals surface area contributed by atoms with Crippen molar-refractivity contribution in [1.82, 2.24) is 5.43 Å². The zero-order chi connectivity index (χ0) is 13.1. The molecular formula is C13H21N3O2. The Bertz CT molecular complexity index is 401. The van der Waals surface area contributed by atoms with Crippen LogP contribution in [0.1, 0.15) is 46.0 Å². The Morgan fingerprint density at radius 1 is 1.33 bits per heavy atom. The summed E-state index contributed by atoms with van der Waals surface area (Å²) in [7, 11) is 0. The van der Waals surface area contributed by atoms with Crippen LogP contribution in [0.25, 0.3) is 0 Å². The third kappa shape index (κ3) is 2.66. The lowest BCUT2D eigenvalue weighted by Crippen LogP contribution is -2.36. The Hall–Kier alpha value is -1.52. The monoisotopic (exact) mass is 251 g/mol. The quantitative estimate of drug-likeness (QED) is 0.750. The molecule has 100 valence electrons. The first-order valence-electron chi connectivity index (χ1n) is 6.56. The molecule has 2 unspecified atom stereocenters. The van der Waals surface area contributed by atoms with E-state index in [1.807, 2.05) is 13.8 Å². The topological polar surface area (TPSA) is 76.7 Å². The molecule has 5 nitrogen and oxygen atoms in total. The van der Waals surface area contributed by atoms with Gasteiger partial charge in [-0.3, -0.25) is 5.43 Å². The summed E-state index contributed by atoms with van der Waals surface area (Å²) in [6.07, 6.45) is 4.45. The fourth-order valence-electron chi connectivity index (χ4n) is 2.90. The van der Waals surface area contributed by atoms with Gasteiger partial charge in [0.2, 0.25) is 0 Å². The summed E-state index contributed by atoms with van der Waals surface area (Å²) in [5.41, 5.74) is 11.4. The molecule has 1 amide bonds. The first kappa shape index (κ1) is 12.9. The van der Waals surface area contributed by atoms with Crippen LogP contribution in [-0.2, 0) is 4.74 Å². The number of primary amides is 1. The lowest BCUT2D eigenvalue weighted by atomic mass is 9.80. The zero-order valence-electron chi connectivity index (χ0n) is 11.0. The normalized spacial score (nSPS) is 28.4. The van der Waals surface area contributed by atoms with Gasteiger partial charge < -0.3 is 10.5 Å². The Labute approximate surface area is 107 Å². The molecule has 1 fully saturated rings. The molecule has 0 aromatic heterocycles. The van der Waals surface area contributed by atoms with Crippen LogP contribution in [0, 0.1) is 5.92 Å². The van der Waals surface area contributed by atoms with Crippen molar-refractivity contribution < 1.29 is 9.53 Å². The van der Waals surface area contributed by atoms with Crippen LogP contribution in [0.3, 0.4) is 0 Å². The maximum Gasteiger partial charge on any atom is 0.405 e. The summed E-state index contributed by atoms with van der Waals surface area (Å²) in [4.78, 5) is 11.1. The summed E-state index contributed by atoms with van der Waals surface area (Å²) in [5.74, 6) is 0.288. The van der Waals surface area contributed by atoms with Gasteiger partial charge in [-0.1, -0.05) is 12.8 Å². The first-order chi connectivity index (χ1) is 8.59. The van der Waals surface area contributed by atoms with E-state index in [-0.39, 0.29) is 12.0 Å². The van der Waals surface area contributed by atoms with Crippen LogP contribution >= 0.6 is 0 Å². The van der Waals surface area contributed by atoms with Gasteiger partial charge in [-0.05, 0) is 38.7 Å². The zero-order valence-corrected chi connectivity index (χ0v) is 11.0. The second-order valence-electron chi connectivity index (χ2n) is 5.06. The molecule has 1 heterocycles. The number of rotatable bonds is 1. The number of nitrogens with two attached hydrogens (primary N) is 1. The maximum absolute atomic E-state index is 11.1. The third-order valence-electron chi connectivity index (χ3n) is 3.78. The van der Waals surface area contributed by atoms with E-state index in [0.717, 1.165) is 36.2 Å². The summed E-state index contributed by atoms with van der Waals surface area (Å²) < 4.78 is 5.30. The summed E-state index contributed by atoms with van der Waals surface area (Å²) >= 11 is 0. The number of hydrazone groups is 1. The average Bonchev–Trinajstić information content (AvgIpc) is 2.27. The Kier molecular flexibility index (Phi) is 3.89. The smallest absolute Gasteiger partial charge is 0.405 e. The molecule has 0 spiro atoms. The molecule has 18 heavy (non-hydrogen) atoms. The van der Waals surface area contributed by atoms with E-state index in [2.05, 4.69) is 10.5 Å². The predicted octanol–water partition coefficient (Wildman–Crippen LogP) is 2.28.